The zero-order chi connectivity index (χ0) is 25.3. The number of carbonyl (C=O) groups is 3. The molecule has 1 atom stereocenters. The Morgan fingerprint density at radius 1 is 0.618 bits per heavy atom. The summed E-state index contributed by atoms with van der Waals surface area (Å²) in [6.45, 7) is 7.62. The van der Waals surface area contributed by atoms with Gasteiger partial charge in [0.15, 0.2) is 0 Å². The molecule has 0 aliphatic heterocycles. The van der Waals surface area contributed by atoms with E-state index in [2.05, 4.69) is 48.9 Å². The first kappa shape index (κ1) is 32.1. The number of amides is 3. The van der Waals surface area contributed by atoms with E-state index in [4.69, 9.17) is 0 Å². The first-order valence-electron chi connectivity index (χ1n) is 14.0. The lowest BCUT2D eigenvalue weighted by Gasteiger charge is -2.18. The van der Waals surface area contributed by atoms with E-state index in [1.165, 1.54) is 38.5 Å². The minimum Gasteiger partial charge on any atom is -0.356 e. The van der Waals surface area contributed by atoms with Gasteiger partial charge in [0, 0.05) is 25.9 Å². The van der Waals surface area contributed by atoms with Crippen LogP contribution in [0.2, 0.25) is 0 Å². The van der Waals surface area contributed by atoms with Gasteiger partial charge >= 0.3 is 0 Å². The normalized spacial score (nSPS) is 12.0. The van der Waals surface area contributed by atoms with E-state index in [0.717, 1.165) is 51.4 Å². The van der Waals surface area contributed by atoms with Crippen LogP contribution < -0.4 is 16.0 Å². The number of carbonyl (C=O) groups excluding carboxylic acids is 3. The highest BCUT2D eigenvalue weighted by molar-refractivity contribution is 5.88. The van der Waals surface area contributed by atoms with E-state index >= 15 is 0 Å². The zero-order valence-corrected chi connectivity index (χ0v) is 22.4. The largest absolute Gasteiger partial charge is 0.356 e. The van der Waals surface area contributed by atoms with Crippen molar-refractivity contribution in [3.63, 3.8) is 0 Å². The van der Waals surface area contributed by atoms with Crippen molar-refractivity contribution in [2.45, 2.75) is 136 Å². The van der Waals surface area contributed by atoms with E-state index in [9.17, 15) is 14.4 Å². The van der Waals surface area contributed by atoms with E-state index < -0.39 is 6.04 Å². The van der Waals surface area contributed by atoms with Crippen LogP contribution in [0.3, 0.4) is 0 Å². The Hall–Kier alpha value is -1.85. The van der Waals surface area contributed by atoms with Crippen molar-refractivity contribution < 1.29 is 14.4 Å². The van der Waals surface area contributed by atoms with Gasteiger partial charge in [0.25, 0.3) is 0 Å². The Bertz CT molecular complexity index is 549. The minimum absolute atomic E-state index is 0.0649. The summed E-state index contributed by atoms with van der Waals surface area (Å²) in [4.78, 5) is 37.0. The molecule has 0 unspecified atom stereocenters. The van der Waals surface area contributed by atoms with E-state index in [0.29, 0.717) is 25.9 Å². The summed E-state index contributed by atoms with van der Waals surface area (Å²) in [5, 5.41) is 8.63. The molecule has 0 fully saturated rings. The van der Waals surface area contributed by atoms with Gasteiger partial charge in [-0.1, -0.05) is 77.9 Å². The van der Waals surface area contributed by atoms with E-state index in [1.807, 2.05) is 0 Å². The van der Waals surface area contributed by atoms with Crippen LogP contribution in [-0.4, -0.2) is 36.9 Å². The van der Waals surface area contributed by atoms with Gasteiger partial charge in [-0.2, -0.15) is 0 Å². The molecular weight excluding hydrogens is 426 g/mol. The second-order valence-electron chi connectivity index (χ2n) is 9.28. The summed E-state index contributed by atoms with van der Waals surface area (Å²) in [5.41, 5.74) is 0. The van der Waals surface area contributed by atoms with E-state index in [1.54, 1.807) is 0 Å². The number of rotatable bonds is 23. The van der Waals surface area contributed by atoms with Crippen LogP contribution in [0.1, 0.15) is 130 Å². The molecule has 0 heterocycles. The monoisotopic (exact) mass is 479 g/mol. The Labute approximate surface area is 209 Å². The smallest absolute Gasteiger partial charge is 0.242 e. The third kappa shape index (κ3) is 20.7. The van der Waals surface area contributed by atoms with Gasteiger partial charge in [0.2, 0.25) is 17.7 Å². The third-order valence-electron chi connectivity index (χ3n) is 5.91. The summed E-state index contributed by atoms with van der Waals surface area (Å²) in [6.07, 6.45) is 21.1. The maximum absolute atomic E-state index is 12.5. The first-order chi connectivity index (χ1) is 16.5. The fraction of sp³-hybridized carbons (Fsp3) is 0.821. The molecule has 0 spiro atoms. The SMILES string of the molecule is CCCCC/C=C/CCCCCCCC(=O)N[C@@H](CCC(=O)NCCCC)C(=O)NCCCC. The number of unbranched alkanes of at least 4 members (excludes halogenated alkanes) is 10. The van der Waals surface area contributed by atoms with Crippen molar-refractivity contribution in [1.29, 1.82) is 0 Å². The van der Waals surface area contributed by atoms with Gasteiger partial charge in [-0.3, -0.25) is 14.4 Å². The standard InChI is InChI=1S/C28H53N3O3/c1-4-7-10-11-12-13-14-15-16-17-18-19-20-27(33)31-25(28(34)30-24-9-6-3)21-22-26(32)29-23-8-5-2/h12-13,25H,4-11,14-24H2,1-3H3,(H,29,32)(H,30,34)(H,31,33)/b13-12+/t25-/m0/s1. The summed E-state index contributed by atoms with van der Waals surface area (Å²) >= 11 is 0. The first-order valence-corrected chi connectivity index (χ1v) is 14.0. The average Bonchev–Trinajstić information content (AvgIpc) is 2.82. The number of hydrogen-bond donors (Lipinski definition) is 3. The van der Waals surface area contributed by atoms with Crippen molar-refractivity contribution in [3.8, 4) is 0 Å². The van der Waals surface area contributed by atoms with Crippen LogP contribution in [0, 0.1) is 0 Å². The summed E-state index contributed by atoms with van der Waals surface area (Å²) < 4.78 is 0. The van der Waals surface area contributed by atoms with E-state index in [-0.39, 0.29) is 24.1 Å². The Morgan fingerprint density at radius 3 is 1.82 bits per heavy atom. The predicted octanol–water partition coefficient (Wildman–Crippen LogP) is 5.95. The molecule has 3 amide bonds. The van der Waals surface area contributed by atoms with Crippen molar-refractivity contribution in [3.05, 3.63) is 12.2 Å². The molecular formula is C28H53N3O3. The van der Waals surface area contributed by atoms with Crippen LogP contribution in [0.25, 0.3) is 0 Å². The molecule has 34 heavy (non-hydrogen) atoms. The van der Waals surface area contributed by atoms with Gasteiger partial charge in [0.1, 0.15) is 6.04 Å². The molecule has 0 saturated heterocycles. The summed E-state index contributed by atoms with van der Waals surface area (Å²) in [5.74, 6) is -0.354. The third-order valence-corrected chi connectivity index (χ3v) is 5.91. The average molecular weight is 480 g/mol. The zero-order valence-electron chi connectivity index (χ0n) is 22.4. The molecule has 0 rings (SSSR count). The molecule has 0 aromatic heterocycles. The molecule has 0 bridgehead atoms. The van der Waals surface area contributed by atoms with Crippen molar-refractivity contribution >= 4 is 17.7 Å². The van der Waals surface area contributed by atoms with Crippen LogP contribution in [0.4, 0.5) is 0 Å². The molecule has 0 aliphatic carbocycles. The van der Waals surface area contributed by atoms with Crippen molar-refractivity contribution in [2.75, 3.05) is 13.1 Å². The lowest BCUT2D eigenvalue weighted by Crippen LogP contribution is -2.47. The number of hydrogen-bond acceptors (Lipinski definition) is 3. The van der Waals surface area contributed by atoms with Crippen LogP contribution >= 0.6 is 0 Å². The lowest BCUT2D eigenvalue weighted by atomic mass is 10.1. The van der Waals surface area contributed by atoms with Gasteiger partial charge in [-0.05, 0) is 51.4 Å². The number of nitrogens with one attached hydrogen (secondary N) is 3. The molecule has 0 radical (unpaired) electrons. The van der Waals surface area contributed by atoms with Crippen LogP contribution in [0.5, 0.6) is 0 Å². The maximum atomic E-state index is 12.5. The summed E-state index contributed by atoms with van der Waals surface area (Å²) in [7, 11) is 0. The Balaban J connectivity index is 4.15. The van der Waals surface area contributed by atoms with Gasteiger partial charge in [-0.15, -0.1) is 0 Å². The molecule has 6 heteroatoms. The molecule has 0 saturated carbocycles. The highest BCUT2D eigenvalue weighted by atomic mass is 16.2. The van der Waals surface area contributed by atoms with Crippen LogP contribution in [0.15, 0.2) is 12.2 Å². The fourth-order valence-electron chi connectivity index (χ4n) is 3.64. The summed E-state index contributed by atoms with van der Waals surface area (Å²) in [6, 6.07) is -0.648. The molecule has 6 nitrogen and oxygen atoms in total. The van der Waals surface area contributed by atoms with Gasteiger partial charge < -0.3 is 16.0 Å². The molecule has 0 aromatic carbocycles. The predicted molar refractivity (Wildman–Crippen MR) is 143 cm³/mol. The maximum Gasteiger partial charge on any atom is 0.242 e. The number of allylic oxidation sites excluding steroid dienone is 2. The molecule has 198 valence electrons. The molecule has 3 N–H and O–H groups in total. The lowest BCUT2D eigenvalue weighted by molar-refractivity contribution is -0.129. The second kappa shape index (κ2) is 24.3. The Morgan fingerprint density at radius 2 is 1.18 bits per heavy atom. The van der Waals surface area contributed by atoms with Crippen LogP contribution in [-0.2, 0) is 14.4 Å². The van der Waals surface area contributed by atoms with Gasteiger partial charge in [0.05, 0.1) is 0 Å². The fourth-order valence-corrected chi connectivity index (χ4v) is 3.64. The van der Waals surface area contributed by atoms with Crippen molar-refractivity contribution in [2.24, 2.45) is 0 Å². The van der Waals surface area contributed by atoms with Crippen molar-refractivity contribution in [1.82, 2.24) is 16.0 Å². The Kier molecular flexibility index (Phi) is 23.0. The molecule has 0 aromatic rings. The topological polar surface area (TPSA) is 87.3 Å². The highest BCUT2D eigenvalue weighted by Gasteiger charge is 2.21. The quantitative estimate of drug-likeness (QED) is 0.125. The highest BCUT2D eigenvalue weighted by Crippen LogP contribution is 2.09. The van der Waals surface area contributed by atoms with Gasteiger partial charge in [-0.25, -0.2) is 0 Å². The minimum atomic E-state index is -0.648. The molecule has 0 aliphatic rings. The second-order valence-corrected chi connectivity index (χ2v) is 9.28.